The monoisotopic (exact) mass is 316 g/mol. The molecule has 4 heteroatoms. The van der Waals surface area contributed by atoms with Crippen molar-refractivity contribution in [1.82, 2.24) is 0 Å². The Morgan fingerprint density at radius 1 is 1.14 bits per heavy atom. The Morgan fingerprint density at radius 3 is 2.59 bits per heavy atom. The largest absolute Gasteiger partial charge is 0.399 e. The minimum Gasteiger partial charge on any atom is -0.399 e. The highest BCUT2D eigenvalue weighted by molar-refractivity contribution is 5.96. The van der Waals surface area contributed by atoms with Gasteiger partial charge in [-0.05, 0) is 55.0 Å². The molecule has 0 heterocycles. The molecule has 3 nitrogen and oxygen atoms in total. The van der Waals surface area contributed by atoms with E-state index in [-0.39, 0.29) is 24.2 Å². The predicted octanol–water partition coefficient (Wildman–Crippen LogP) is 4.05. The van der Waals surface area contributed by atoms with E-state index in [0.717, 1.165) is 17.7 Å². The zero-order valence-electron chi connectivity index (χ0n) is 12.8. The van der Waals surface area contributed by atoms with Crippen molar-refractivity contribution in [2.45, 2.75) is 26.2 Å². The molecule has 0 aliphatic heterocycles. The van der Waals surface area contributed by atoms with Crippen LogP contribution in [0.5, 0.6) is 0 Å². The van der Waals surface area contributed by atoms with Gasteiger partial charge in [0.05, 0.1) is 0 Å². The van der Waals surface area contributed by atoms with Crippen LogP contribution in [0.3, 0.4) is 0 Å². The molecule has 3 rings (SSSR count). The van der Waals surface area contributed by atoms with Gasteiger partial charge in [0.1, 0.15) is 0 Å². The Morgan fingerprint density at radius 2 is 1.86 bits per heavy atom. The quantitative estimate of drug-likeness (QED) is 0.839. The summed E-state index contributed by atoms with van der Waals surface area (Å²) in [5.41, 5.74) is 10.9. The average molecular weight is 317 g/mol. The number of carbonyl (C=O) groups is 1. The van der Waals surface area contributed by atoms with Gasteiger partial charge in [-0.2, -0.15) is 0 Å². The average Bonchev–Trinajstić information content (AvgIpc) is 3.24. The summed E-state index contributed by atoms with van der Waals surface area (Å²) in [6.07, 6.45) is 0.929. The van der Waals surface area contributed by atoms with Crippen molar-refractivity contribution < 1.29 is 4.79 Å². The predicted molar refractivity (Wildman–Crippen MR) is 93.5 cm³/mol. The molecule has 0 aromatic heterocycles. The second-order valence-corrected chi connectivity index (χ2v) is 5.87. The Hall–Kier alpha value is -2.00. The number of hydrogen-bond donors (Lipinski definition) is 2. The third kappa shape index (κ3) is 3.25. The highest BCUT2D eigenvalue weighted by Crippen LogP contribution is 2.49. The zero-order valence-corrected chi connectivity index (χ0v) is 13.6. The minimum absolute atomic E-state index is 0. The van der Waals surface area contributed by atoms with E-state index in [1.165, 1.54) is 11.1 Å². The molecule has 0 saturated heterocycles. The molecule has 0 radical (unpaired) electrons. The number of nitrogen functional groups attached to an aromatic ring is 1. The van der Waals surface area contributed by atoms with Crippen molar-refractivity contribution in [2.24, 2.45) is 5.92 Å². The Labute approximate surface area is 137 Å². The van der Waals surface area contributed by atoms with Crippen LogP contribution in [0, 0.1) is 19.8 Å². The van der Waals surface area contributed by atoms with Gasteiger partial charge in [0.2, 0.25) is 5.91 Å². The van der Waals surface area contributed by atoms with Crippen molar-refractivity contribution in [3.63, 3.8) is 0 Å². The Kier molecular flexibility index (Phi) is 4.77. The summed E-state index contributed by atoms with van der Waals surface area (Å²) in [7, 11) is 0. The molecule has 2 aromatic rings. The molecule has 0 spiro atoms. The number of carbonyl (C=O) groups excluding carboxylic acids is 1. The van der Waals surface area contributed by atoms with Gasteiger partial charge in [0.15, 0.2) is 0 Å². The molecule has 22 heavy (non-hydrogen) atoms. The molecule has 2 unspecified atom stereocenters. The molecular weight excluding hydrogens is 296 g/mol. The topological polar surface area (TPSA) is 55.1 Å². The first-order chi connectivity index (χ1) is 10.1. The summed E-state index contributed by atoms with van der Waals surface area (Å²) < 4.78 is 0. The van der Waals surface area contributed by atoms with E-state index in [4.69, 9.17) is 5.73 Å². The molecular formula is C18H21ClN2O. The Bertz CT molecular complexity index is 699. The SMILES string of the molecule is Cc1ccc(N)cc1NC(=O)C1CC1c1ccccc1C.Cl. The van der Waals surface area contributed by atoms with Crippen molar-refractivity contribution >= 4 is 29.7 Å². The molecule has 1 aliphatic rings. The van der Waals surface area contributed by atoms with Gasteiger partial charge in [0.25, 0.3) is 0 Å². The summed E-state index contributed by atoms with van der Waals surface area (Å²) in [4.78, 5) is 12.4. The minimum atomic E-state index is 0. The number of anilines is 2. The second-order valence-electron chi connectivity index (χ2n) is 5.87. The molecule has 1 amide bonds. The van der Waals surface area contributed by atoms with E-state index < -0.39 is 0 Å². The molecule has 1 aliphatic carbocycles. The summed E-state index contributed by atoms with van der Waals surface area (Å²) in [5, 5.41) is 3.01. The lowest BCUT2D eigenvalue weighted by Gasteiger charge is -2.09. The lowest BCUT2D eigenvalue weighted by atomic mass is 10.0. The van der Waals surface area contributed by atoms with Crippen molar-refractivity contribution in [3.8, 4) is 0 Å². The van der Waals surface area contributed by atoms with Crippen LogP contribution >= 0.6 is 12.4 Å². The summed E-state index contributed by atoms with van der Waals surface area (Å²) in [6.45, 7) is 4.07. The number of aryl methyl sites for hydroxylation is 2. The smallest absolute Gasteiger partial charge is 0.228 e. The molecule has 0 bridgehead atoms. The lowest BCUT2D eigenvalue weighted by Crippen LogP contribution is -2.15. The number of halogens is 1. The fourth-order valence-electron chi connectivity index (χ4n) is 2.83. The van der Waals surface area contributed by atoms with E-state index in [9.17, 15) is 4.79 Å². The molecule has 2 atom stereocenters. The molecule has 1 fully saturated rings. The van der Waals surface area contributed by atoms with Gasteiger partial charge < -0.3 is 11.1 Å². The Balaban J connectivity index is 0.00000176. The van der Waals surface area contributed by atoms with Crippen LogP contribution in [0.25, 0.3) is 0 Å². The molecule has 1 saturated carbocycles. The molecule has 2 aromatic carbocycles. The summed E-state index contributed by atoms with van der Waals surface area (Å²) in [6, 6.07) is 13.9. The van der Waals surface area contributed by atoms with Gasteiger partial charge in [-0.1, -0.05) is 30.3 Å². The van der Waals surface area contributed by atoms with Crippen LogP contribution in [0.2, 0.25) is 0 Å². The number of rotatable bonds is 3. The maximum Gasteiger partial charge on any atom is 0.228 e. The van der Waals surface area contributed by atoms with Gasteiger partial charge in [-0.15, -0.1) is 12.4 Å². The van der Waals surface area contributed by atoms with Gasteiger partial charge in [-0.25, -0.2) is 0 Å². The van der Waals surface area contributed by atoms with Crippen molar-refractivity contribution in [2.75, 3.05) is 11.1 Å². The fraction of sp³-hybridized carbons (Fsp3) is 0.278. The van der Waals surface area contributed by atoms with E-state index >= 15 is 0 Å². The summed E-state index contributed by atoms with van der Waals surface area (Å²) in [5.74, 6) is 0.524. The van der Waals surface area contributed by atoms with Crippen LogP contribution in [0.4, 0.5) is 11.4 Å². The van der Waals surface area contributed by atoms with Gasteiger partial charge in [0, 0.05) is 17.3 Å². The standard InChI is InChI=1S/C18H20N2O.ClH/c1-11-5-3-4-6-14(11)15-10-16(15)18(21)20-17-9-13(19)8-7-12(17)2;/h3-9,15-16H,10,19H2,1-2H3,(H,20,21);1H. The van der Waals surface area contributed by atoms with Gasteiger partial charge in [-0.3, -0.25) is 4.79 Å². The second kappa shape index (κ2) is 6.41. The first-order valence-electron chi connectivity index (χ1n) is 7.29. The first-order valence-corrected chi connectivity index (χ1v) is 7.29. The highest BCUT2D eigenvalue weighted by atomic mass is 35.5. The number of amides is 1. The van der Waals surface area contributed by atoms with E-state index in [1.54, 1.807) is 0 Å². The normalized spacial score (nSPS) is 19.2. The third-order valence-corrected chi connectivity index (χ3v) is 4.23. The molecule has 116 valence electrons. The molecule has 3 N–H and O–H groups in total. The van der Waals surface area contributed by atoms with Crippen LogP contribution < -0.4 is 11.1 Å². The maximum atomic E-state index is 12.4. The lowest BCUT2D eigenvalue weighted by molar-refractivity contribution is -0.117. The van der Waals surface area contributed by atoms with E-state index in [1.807, 2.05) is 37.3 Å². The van der Waals surface area contributed by atoms with Crippen LogP contribution in [-0.2, 0) is 4.79 Å². The van der Waals surface area contributed by atoms with Crippen LogP contribution in [0.1, 0.15) is 29.0 Å². The summed E-state index contributed by atoms with van der Waals surface area (Å²) >= 11 is 0. The third-order valence-electron chi connectivity index (χ3n) is 4.23. The van der Waals surface area contributed by atoms with E-state index in [0.29, 0.717) is 11.6 Å². The number of benzene rings is 2. The maximum absolute atomic E-state index is 12.4. The first kappa shape index (κ1) is 16.4. The van der Waals surface area contributed by atoms with Gasteiger partial charge >= 0.3 is 0 Å². The number of nitrogens with two attached hydrogens (primary N) is 1. The highest BCUT2D eigenvalue weighted by Gasteiger charge is 2.44. The fourth-order valence-corrected chi connectivity index (χ4v) is 2.83. The number of nitrogens with one attached hydrogen (secondary N) is 1. The van der Waals surface area contributed by atoms with E-state index in [2.05, 4.69) is 24.4 Å². The number of hydrogen-bond acceptors (Lipinski definition) is 2. The van der Waals surface area contributed by atoms with Crippen molar-refractivity contribution in [1.29, 1.82) is 0 Å². The van der Waals surface area contributed by atoms with Crippen LogP contribution in [0.15, 0.2) is 42.5 Å². The van der Waals surface area contributed by atoms with Crippen molar-refractivity contribution in [3.05, 3.63) is 59.2 Å². The van der Waals surface area contributed by atoms with Crippen LogP contribution in [-0.4, -0.2) is 5.91 Å². The zero-order chi connectivity index (χ0) is 15.0.